The molecule has 72 valence electrons. The minimum atomic E-state index is -2.85. The van der Waals surface area contributed by atoms with Crippen LogP contribution < -0.4 is 5.73 Å². The van der Waals surface area contributed by atoms with Crippen molar-refractivity contribution in [1.29, 1.82) is 0 Å². The third kappa shape index (κ3) is 1.97. The lowest BCUT2D eigenvalue weighted by molar-refractivity contribution is -0.0534. The Morgan fingerprint density at radius 3 is 2.25 bits per heavy atom. The van der Waals surface area contributed by atoms with Crippen molar-refractivity contribution in [2.75, 3.05) is 18.1 Å². The largest absolute Gasteiger partial charge is 0.369 e. The molecule has 0 amide bonds. The summed E-state index contributed by atoms with van der Waals surface area (Å²) in [6, 6.07) is 0. The maximum absolute atomic E-state index is 10.9. The van der Waals surface area contributed by atoms with E-state index in [1.54, 1.807) is 0 Å². The fourth-order valence-corrected chi connectivity index (χ4v) is 3.38. The third-order valence-electron chi connectivity index (χ3n) is 1.82. The first-order chi connectivity index (χ1) is 5.39. The Labute approximate surface area is 73.0 Å². The molecule has 0 aromatic carbocycles. The van der Waals surface area contributed by atoms with E-state index in [-0.39, 0.29) is 24.2 Å². The van der Waals surface area contributed by atoms with Crippen LogP contribution >= 0.6 is 0 Å². The number of hydrogen-bond donors (Lipinski definition) is 1. The Bertz CT molecular complexity index is 246. The molecule has 0 radical (unpaired) electrons. The van der Waals surface area contributed by atoms with E-state index < -0.39 is 15.4 Å². The highest BCUT2D eigenvalue weighted by atomic mass is 32.2. The van der Waals surface area contributed by atoms with E-state index in [0.717, 1.165) is 0 Å². The molecule has 0 spiro atoms. The van der Waals surface area contributed by atoms with E-state index in [2.05, 4.69) is 0 Å². The van der Waals surface area contributed by atoms with Crippen LogP contribution in [-0.2, 0) is 14.6 Å². The van der Waals surface area contributed by atoms with E-state index in [1.165, 1.54) is 0 Å². The summed E-state index contributed by atoms with van der Waals surface area (Å²) in [5.74, 6) is 0.156. The van der Waals surface area contributed by atoms with Crippen molar-refractivity contribution in [1.82, 2.24) is 0 Å². The summed E-state index contributed by atoms with van der Waals surface area (Å²) in [5, 5.41) is 0. The Morgan fingerprint density at radius 1 is 1.50 bits per heavy atom. The smallest absolute Gasteiger partial charge is 0.156 e. The number of ether oxygens (including phenoxy) is 1. The number of hydrogen-bond acceptors (Lipinski definition) is 4. The van der Waals surface area contributed by atoms with Gasteiger partial charge in [0.05, 0.1) is 17.6 Å². The van der Waals surface area contributed by atoms with Crippen LogP contribution in [0.1, 0.15) is 13.8 Å². The molecule has 0 atom stereocenters. The van der Waals surface area contributed by atoms with E-state index in [4.69, 9.17) is 10.5 Å². The van der Waals surface area contributed by atoms with E-state index in [0.29, 0.717) is 0 Å². The predicted molar refractivity (Wildman–Crippen MR) is 46.7 cm³/mol. The number of rotatable bonds is 3. The average molecular weight is 193 g/mol. The zero-order chi connectivity index (χ0) is 9.41. The number of sulfone groups is 1. The molecule has 1 heterocycles. The fourth-order valence-electron chi connectivity index (χ4n) is 1.49. The van der Waals surface area contributed by atoms with Crippen molar-refractivity contribution in [3.05, 3.63) is 0 Å². The molecule has 0 unspecified atom stereocenters. The Hall–Kier alpha value is -0.130. The summed E-state index contributed by atoms with van der Waals surface area (Å²) in [6.07, 6.45) is 0.0315. The first kappa shape index (κ1) is 9.95. The zero-order valence-electron chi connectivity index (χ0n) is 7.41. The highest BCUT2D eigenvalue weighted by Crippen LogP contribution is 2.27. The Balaban J connectivity index is 2.59. The molecule has 5 heteroatoms. The zero-order valence-corrected chi connectivity index (χ0v) is 8.23. The molecule has 1 fully saturated rings. The van der Waals surface area contributed by atoms with Gasteiger partial charge >= 0.3 is 0 Å². The molecule has 0 aromatic heterocycles. The van der Waals surface area contributed by atoms with Gasteiger partial charge < -0.3 is 10.5 Å². The van der Waals surface area contributed by atoms with Gasteiger partial charge in [-0.1, -0.05) is 0 Å². The first-order valence-corrected chi connectivity index (χ1v) is 5.80. The predicted octanol–water partition coefficient (Wildman–Crippen LogP) is -0.463. The van der Waals surface area contributed by atoms with Gasteiger partial charge in [0.15, 0.2) is 9.84 Å². The standard InChI is InChI=1S/C7H15NO3S/c1-6(2)11-7(3-8)4-12(9,10)5-7/h6H,3-5,8H2,1-2H3. The third-order valence-corrected chi connectivity index (χ3v) is 3.76. The molecule has 12 heavy (non-hydrogen) atoms. The average Bonchev–Trinajstić information content (AvgIpc) is 1.81. The molecule has 1 rings (SSSR count). The molecule has 1 aliphatic heterocycles. The van der Waals surface area contributed by atoms with Crippen molar-refractivity contribution in [3.63, 3.8) is 0 Å². The Morgan fingerprint density at radius 2 is 2.00 bits per heavy atom. The van der Waals surface area contributed by atoms with Gasteiger partial charge in [0.2, 0.25) is 0 Å². The summed E-state index contributed by atoms with van der Waals surface area (Å²) < 4.78 is 27.3. The summed E-state index contributed by atoms with van der Waals surface area (Å²) in [5.41, 5.74) is 4.86. The van der Waals surface area contributed by atoms with Crippen LogP contribution in [-0.4, -0.2) is 38.2 Å². The maximum atomic E-state index is 10.9. The van der Waals surface area contributed by atoms with Gasteiger partial charge in [-0.2, -0.15) is 0 Å². The topological polar surface area (TPSA) is 69.4 Å². The summed E-state index contributed by atoms with van der Waals surface area (Å²) >= 11 is 0. The molecule has 0 aliphatic carbocycles. The monoisotopic (exact) mass is 193 g/mol. The van der Waals surface area contributed by atoms with Gasteiger partial charge in [0, 0.05) is 6.54 Å². The maximum Gasteiger partial charge on any atom is 0.156 e. The van der Waals surface area contributed by atoms with Crippen LogP contribution in [0.15, 0.2) is 0 Å². The van der Waals surface area contributed by atoms with Gasteiger partial charge in [0.25, 0.3) is 0 Å². The van der Waals surface area contributed by atoms with E-state index in [9.17, 15) is 8.42 Å². The van der Waals surface area contributed by atoms with Gasteiger partial charge in [0.1, 0.15) is 5.60 Å². The van der Waals surface area contributed by atoms with Gasteiger partial charge in [-0.25, -0.2) is 8.42 Å². The number of nitrogens with two attached hydrogens (primary N) is 1. The van der Waals surface area contributed by atoms with Crippen LogP contribution in [0.4, 0.5) is 0 Å². The fraction of sp³-hybridized carbons (Fsp3) is 1.00. The first-order valence-electron chi connectivity index (χ1n) is 3.97. The molecule has 2 N–H and O–H groups in total. The second-order valence-corrected chi connectivity index (χ2v) is 5.65. The van der Waals surface area contributed by atoms with Crippen molar-refractivity contribution in [2.24, 2.45) is 5.73 Å². The lowest BCUT2D eigenvalue weighted by atomic mass is 10.1. The summed E-state index contributed by atoms with van der Waals surface area (Å²) in [4.78, 5) is 0. The van der Waals surface area contributed by atoms with Crippen molar-refractivity contribution in [2.45, 2.75) is 25.6 Å². The molecular formula is C7H15NO3S. The lowest BCUT2D eigenvalue weighted by Gasteiger charge is -2.41. The minimum absolute atomic E-state index is 0.0315. The van der Waals surface area contributed by atoms with Gasteiger partial charge in [-0.3, -0.25) is 0 Å². The van der Waals surface area contributed by atoms with Crippen molar-refractivity contribution >= 4 is 9.84 Å². The SMILES string of the molecule is CC(C)OC1(CN)CS(=O)(=O)C1. The second kappa shape index (κ2) is 2.97. The van der Waals surface area contributed by atoms with Crippen LogP contribution in [0.25, 0.3) is 0 Å². The normalized spacial score (nSPS) is 25.3. The van der Waals surface area contributed by atoms with E-state index in [1.807, 2.05) is 13.8 Å². The van der Waals surface area contributed by atoms with Crippen LogP contribution in [0.2, 0.25) is 0 Å². The molecule has 0 bridgehead atoms. The van der Waals surface area contributed by atoms with E-state index >= 15 is 0 Å². The Kier molecular flexibility index (Phi) is 2.47. The highest BCUT2D eigenvalue weighted by Gasteiger charge is 2.49. The second-order valence-electron chi connectivity index (χ2n) is 3.59. The lowest BCUT2D eigenvalue weighted by Crippen LogP contribution is -2.61. The summed E-state index contributed by atoms with van der Waals surface area (Å²) in [6.45, 7) is 4.04. The molecule has 1 saturated heterocycles. The molecule has 1 aliphatic rings. The molecule has 0 aromatic rings. The van der Waals surface area contributed by atoms with Crippen molar-refractivity contribution in [3.8, 4) is 0 Å². The van der Waals surface area contributed by atoms with Crippen molar-refractivity contribution < 1.29 is 13.2 Å². The highest BCUT2D eigenvalue weighted by molar-refractivity contribution is 7.93. The van der Waals surface area contributed by atoms with Crippen LogP contribution in [0, 0.1) is 0 Å². The molecule has 4 nitrogen and oxygen atoms in total. The minimum Gasteiger partial charge on any atom is -0.369 e. The molecule has 0 saturated carbocycles. The van der Waals surface area contributed by atoms with Crippen LogP contribution in [0.5, 0.6) is 0 Å². The summed E-state index contributed by atoms with van der Waals surface area (Å²) in [7, 11) is -2.85. The van der Waals surface area contributed by atoms with Gasteiger partial charge in [-0.15, -0.1) is 0 Å². The quantitative estimate of drug-likeness (QED) is 0.658. The molecular weight excluding hydrogens is 178 g/mol. The van der Waals surface area contributed by atoms with Gasteiger partial charge in [-0.05, 0) is 13.8 Å². The van der Waals surface area contributed by atoms with Crippen LogP contribution in [0.3, 0.4) is 0 Å².